The lowest BCUT2D eigenvalue weighted by atomic mass is 9.50. The predicted octanol–water partition coefficient (Wildman–Crippen LogP) is 5.67. The Morgan fingerprint density at radius 3 is 2.79 bits per heavy atom. The van der Waals surface area contributed by atoms with Crippen LogP contribution in [0.4, 0.5) is 0 Å². The molecule has 0 heterocycles. The highest BCUT2D eigenvalue weighted by Gasteiger charge is 2.49. The van der Waals surface area contributed by atoms with Crippen molar-refractivity contribution in [3.8, 4) is 0 Å². The first-order chi connectivity index (χ1) is 8.98. The molecule has 2 fully saturated rings. The van der Waals surface area contributed by atoms with Crippen molar-refractivity contribution < 1.29 is 0 Å². The van der Waals surface area contributed by atoms with Gasteiger partial charge in [0.2, 0.25) is 0 Å². The summed E-state index contributed by atoms with van der Waals surface area (Å²) in [7, 11) is 0. The van der Waals surface area contributed by atoms with Crippen molar-refractivity contribution in [1.82, 2.24) is 0 Å². The normalized spacial score (nSPS) is 46.0. The van der Waals surface area contributed by atoms with Crippen molar-refractivity contribution in [2.24, 2.45) is 22.7 Å². The molecule has 3 aliphatic rings. The first-order valence-electron chi connectivity index (χ1n) is 7.99. The van der Waals surface area contributed by atoms with Gasteiger partial charge in [-0.05, 0) is 67.6 Å². The van der Waals surface area contributed by atoms with Gasteiger partial charge in [0.1, 0.15) is 0 Å². The molecule has 4 atom stereocenters. The van der Waals surface area contributed by atoms with E-state index in [4.69, 9.17) is 0 Å². The van der Waals surface area contributed by atoms with E-state index >= 15 is 0 Å². The molecular weight excluding hydrogens is 228 g/mol. The van der Waals surface area contributed by atoms with Gasteiger partial charge in [0.25, 0.3) is 0 Å². The van der Waals surface area contributed by atoms with Crippen LogP contribution in [0.2, 0.25) is 0 Å². The molecule has 104 valence electrons. The summed E-state index contributed by atoms with van der Waals surface area (Å²) in [6.45, 7) is 13.4. The standard InChI is InChI=1S/C19H28/c1-5-18(3)12-10-17-15(13-18)8-9-16-14(2)7-6-11-19(16,17)4/h5,8,16-17H,1-2,6-7,9-13H2,3-4H3. The zero-order chi connectivity index (χ0) is 13.7. The lowest BCUT2D eigenvalue weighted by Gasteiger charge is -2.54. The third-order valence-electron chi connectivity index (χ3n) is 6.47. The van der Waals surface area contributed by atoms with Crippen LogP contribution in [-0.2, 0) is 0 Å². The maximum absolute atomic E-state index is 4.38. The van der Waals surface area contributed by atoms with E-state index in [0.29, 0.717) is 10.8 Å². The van der Waals surface area contributed by atoms with Crippen LogP contribution in [0, 0.1) is 22.7 Å². The van der Waals surface area contributed by atoms with Crippen molar-refractivity contribution >= 4 is 0 Å². The van der Waals surface area contributed by atoms with Crippen molar-refractivity contribution in [1.29, 1.82) is 0 Å². The summed E-state index contributed by atoms with van der Waals surface area (Å²) in [6.07, 6.45) is 13.9. The Hall–Kier alpha value is -0.780. The van der Waals surface area contributed by atoms with Crippen LogP contribution in [0.1, 0.15) is 58.8 Å². The molecule has 0 bridgehead atoms. The molecule has 0 aliphatic heterocycles. The molecule has 0 nitrogen and oxygen atoms in total. The lowest BCUT2D eigenvalue weighted by Crippen LogP contribution is -2.45. The van der Waals surface area contributed by atoms with Gasteiger partial charge in [0, 0.05) is 0 Å². The molecule has 0 radical (unpaired) electrons. The van der Waals surface area contributed by atoms with Gasteiger partial charge < -0.3 is 0 Å². The second kappa shape index (κ2) is 4.36. The summed E-state index contributed by atoms with van der Waals surface area (Å²) in [4.78, 5) is 0. The highest BCUT2D eigenvalue weighted by Crippen LogP contribution is 2.60. The average Bonchev–Trinajstić information content (AvgIpc) is 2.38. The van der Waals surface area contributed by atoms with Crippen LogP contribution < -0.4 is 0 Å². The highest BCUT2D eigenvalue weighted by molar-refractivity contribution is 5.28. The van der Waals surface area contributed by atoms with Gasteiger partial charge in [-0.3, -0.25) is 0 Å². The molecule has 0 aromatic carbocycles. The third-order valence-corrected chi connectivity index (χ3v) is 6.47. The van der Waals surface area contributed by atoms with Gasteiger partial charge in [-0.2, -0.15) is 0 Å². The molecule has 3 rings (SSSR count). The largest absolute Gasteiger partial charge is 0.103 e. The first kappa shape index (κ1) is 13.2. The molecule has 3 aliphatic carbocycles. The van der Waals surface area contributed by atoms with Gasteiger partial charge in [-0.25, -0.2) is 0 Å². The van der Waals surface area contributed by atoms with E-state index in [9.17, 15) is 0 Å². The Balaban J connectivity index is 1.93. The molecule has 0 saturated heterocycles. The number of hydrogen-bond acceptors (Lipinski definition) is 0. The molecule has 0 heteroatoms. The van der Waals surface area contributed by atoms with Crippen LogP contribution in [0.5, 0.6) is 0 Å². The Bertz CT molecular complexity index is 441. The van der Waals surface area contributed by atoms with Crippen LogP contribution in [0.25, 0.3) is 0 Å². The summed E-state index contributed by atoms with van der Waals surface area (Å²) in [6, 6.07) is 0. The molecule has 0 amide bonds. The summed E-state index contributed by atoms with van der Waals surface area (Å²) in [5.74, 6) is 1.57. The smallest absolute Gasteiger partial charge is 0.0112 e. The van der Waals surface area contributed by atoms with Crippen LogP contribution in [0.15, 0.2) is 36.5 Å². The van der Waals surface area contributed by atoms with Gasteiger partial charge in [0.05, 0.1) is 0 Å². The Morgan fingerprint density at radius 2 is 2.05 bits per heavy atom. The van der Waals surface area contributed by atoms with E-state index < -0.39 is 0 Å². The minimum absolute atomic E-state index is 0.344. The second-order valence-corrected chi connectivity index (χ2v) is 7.71. The van der Waals surface area contributed by atoms with Crippen molar-refractivity contribution in [2.75, 3.05) is 0 Å². The number of allylic oxidation sites excluding steroid dienone is 4. The van der Waals surface area contributed by atoms with Gasteiger partial charge in [-0.1, -0.05) is 43.7 Å². The molecule has 2 saturated carbocycles. The summed E-state index contributed by atoms with van der Waals surface area (Å²) in [5, 5.41) is 0. The van der Waals surface area contributed by atoms with E-state index in [0.717, 1.165) is 11.8 Å². The third kappa shape index (κ3) is 1.95. The Morgan fingerprint density at radius 1 is 1.26 bits per heavy atom. The summed E-state index contributed by atoms with van der Waals surface area (Å²) >= 11 is 0. The minimum Gasteiger partial charge on any atom is -0.103 e. The molecule has 0 aromatic rings. The van der Waals surface area contributed by atoms with E-state index in [2.05, 4.69) is 39.2 Å². The monoisotopic (exact) mass is 256 g/mol. The highest BCUT2D eigenvalue weighted by atomic mass is 14.5. The zero-order valence-electron chi connectivity index (χ0n) is 12.7. The number of hydrogen-bond donors (Lipinski definition) is 0. The van der Waals surface area contributed by atoms with E-state index in [1.54, 1.807) is 5.57 Å². The van der Waals surface area contributed by atoms with Crippen LogP contribution >= 0.6 is 0 Å². The maximum atomic E-state index is 4.38. The fourth-order valence-corrected chi connectivity index (χ4v) is 5.11. The average molecular weight is 256 g/mol. The molecule has 0 spiro atoms. The topological polar surface area (TPSA) is 0 Å². The van der Waals surface area contributed by atoms with Gasteiger partial charge in [-0.15, -0.1) is 6.58 Å². The van der Waals surface area contributed by atoms with Crippen LogP contribution in [0.3, 0.4) is 0 Å². The Kier molecular flexibility index (Phi) is 3.04. The van der Waals surface area contributed by atoms with Crippen molar-refractivity contribution in [3.05, 3.63) is 36.5 Å². The zero-order valence-corrected chi connectivity index (χ0v) is 12.7. The lowest BCUT2D eigenvalue weighted by molar-refractivity contribution is 0.0562. The molecular formula is C19H28. The van der Waals surface area contributed by atoms with Gasteiger partial charge >= 0.3 is 0 Å². The molecule has 0 N–H and O–H groups in total. The van der Waals surface area contributed by atoms with Crippen molar-refractivity contribution in [2.45, 2.75) is 58.8 Å². The van der Waals surface area contributed by atoms with Crippen molar-refractivity contribution in [3.63, 3.8) is 0 Å². The Labute approximate surface area is 118 Å². The molecule has 4 unspecified atom stereocenters. The summed E-state index contributed by atoms with van der Waals surface area (Å²) in [5.41, 5.74) is 4.11. The minimum atomic E-state index is 0.344. The number of rotatable bonds is 1. The SMILES string of the molecule is C=CC1(C)CCC2C(=CCC3C(=C)CCCC32C)C1. The molecule has 19 heavy (non-hydrogen) atoms. The predicted molar refractivity (Wildman–Crippen MR) is 82.9 cm³/mol. The quantitative estimate of drug-likeness (QED) is 0.530. The fraction of sp³-hybridized carbons (Fsp3) is 0.684. The first-order valence-corrected chi connectivity index (χ1v) is 7.99. The van der Waals surface area contributed by atoms with Gasteiger partial charge in [0.15, 0.2) is 0 Å². The van der Waals surface area contributed by atoms with E-state index in [1.807, 2.05) is 0 Å². The fourth-order valence-electron chi connectivity index (χ4n) is 5.11. The summed E-state index contributed by atoms with van der Waals surface area (Å²) < 4.78 is 0. The second-order valence-electron chi connectivity index (χ2n) is 7.71. The number of fused-ring (bicyclic) bond motifs is 3. The maximum Gasteiger partial charge on any atom is -0.0112 e. The van der Waals surface area contributed by atoms with E-state index in [-0.39, 0.29) is 0 Å². The van der Waals surface area contributed by atoms with Crippen LogP contribution in [-0.4, -0.2) is 0 Å². The van der Waals surface area contributed by atoms with E-state index in [1.165, 1.54) is 50.5 Å². The molecule has 0 aromatic heterocycles.